The second kappa shape index (κ2) is 13.3. The summed E-state index contributed by atoms with van der Waals surface area (Å²) in [7, 11) is 0. The minimum absolute atomic E-state index is 0.0998. The molecule has 2 aromatic carbocycles. The van der Waals surface area contributed by atoms with E-state index in [-0.39, 0.29) is 5.56 Å². The number of aryl methyl sites for hydroxylation is 1. The molecule has 0 saturated carbocycles. The minimum atomic E-state index is -0.0998. The normalized spacial score (nSPS) is 15.0. The van der Waals surface area contributed by atoms with Crippen LogP contribution in [0.2, 0.25) is 5.02 Å². The first-order valence-corrected chi connectivity index (χ1v) is 16.2. The molecule has 0 spiro atoms. The van der Waals surface area contributed by atoms with Crippen LogP contribution in [0.3, 0.4) is 0 Å². The second-order valence-corrected chi connectivity index (χ2v) is 12.1. The summed E-state index contributed by atoms with van der Waals surface area (Å²) in [6, 6.07) is 20.5. The highest BCUT2D eigenvalue weighted by molar-refractivity contribution is 6.33. The molecule has 0 bridgehead atoms. The first-order valence-electron chi connectivity index (χ1n) is 15.8. The molecule has 2 aromatic heterocycles. The van der Waals surface area contributed by atoms with Gasteiger partial charge < -0.3 is 10.2 Å². The first-order chi connectivity index (χ1) is 21.4. The molecule has 2 aliphatic rings. The van der Waals surface area contributed by atoms with Gasteiger partial charge in [-0.25, -0.2) is 4.99 Å². The van der Waals surface area contributed by atoms with Crippen LogP contribution >= 0.6 is 11.6 Å². The summed E-state index contributed by atoms with van der Waals surface area (Å²) in [5.74, 6) is 0.816. The van der Waals surface area contributed by atoms with Gasteiger partial charge in [-0.1, -0.05) is 54.9 Å². The van der Waals surface area contributed by atoms with E-state index in [1.54, 1.807) is 10.8 Å². The third kappa shape index (κ3) is 6.28. The van der Waals surface area contributed by atoms with Crippen molar-refractivity contribution >= 4 is 23.4 Å². The Morgan fingerprint density at radius 3 is 2.45 bits per heavy atom. The van der Waals surface area contributed by atoms with Crippen LogP contribution < -0.4 is 21.6 Å². The molecule has 0 unspecified atom stereocenters. The molecule has 6 nitrogen and oxygen atoms in total. The van der Waals surface area contributed by atoms with Crippen molar-refractivity contribution in [3.05, 3.63) is 116 Å². The summed E-state index contributed by atoms with van der Waals surface area (Å²) in [4.78, 5) is 26.0. The van der Waals surface area contributed by atoms with E-state index in [2.05, 4.69) is 52.5 Å². The number of hydrogen-bond donors (Lipinski definition) is 1. The van der Waals surface area contributed by atoms with Crippen LogP contribution in [0.25, 0.3) is 28.3 Å². The van der Waals surface area contributed by atoms with Gasteiger partial charge in [0, 0.05) is 57.6 Å². The van der Waals surface area contributed by atoms with E-state index in [1.165, 1.54) is 37.1 Å². The van der Waals surface area contributed by atoms with E-state index in [0.717, 1.165) is 64.9 Å². The molecular weight excluding hydrogens is 566 g/mol. The molecule has 1 fully saturated rings. The smallest absolute Gasteiger partial charge is 0.260 e. The van der Waals surface area contributed by atoms with E-state index >= 15 is 0 Å². The Balaban J connectivity index is 1.32. The van der Waals surface area contributed by atoms with Crippen molar-refractivity contribution in [3.63, 3.8) is 0 Å². The number of nitrogens with zero attached hydrogens (tertiary/aromatic N) is 4. The summed E-state index contributed by atoms with van der Waals surface area (Å²) >= 11 is 6.85. The number of rotatable bonds is 9. The fourth-order valence-electron chi connectivity index (χ4n) is 6.26. The zero-order valence-corrected chi connectivity index (χ0v) is 26.6. The summed E-state index contributed by atoms with van der Waals surface area (Å²) in [5.41, 5.74) is 8.35. The number of nitrogens with one attached hydrogen (secondary N) is 1. The van der Waals surface area contributed by atoms with Crippen LogP contribution in [0.15, 0.2) is 88.0 Å². The number of hydrogen-bond acceptors (Lipinski definition) is 5. The van der Waals surface area contributed by atoms with Gasteiger partial charge in [-0.3, -0.25) is 14.3 Å². The van der Waals surface area contributed by atoms with E-state index in [4.69, 9.17) is 16.6 Å². The predicted molar refractivity (Wildman–Crippen MR) is 181 cm³/mol. The molecule has 1 saturated heterocycles. The highest BCUT2D eigenvalue weighted by Gasteiger charge is 2.17. The number of likely N-dealkylation sites (tertiary alicyclic amines) is 1. The first kappa shape index (κ1) is 30.0. The van der Waals surface area contributed by atoms with Crippen molar-refractivity contribution < 1.29 is 0 Å². The number of benzene rings is 2. The zero-order chi connectivity index (χ0) is 30.6. The maximum Gasteiger partial charge on any atom is 0.260 e. The Labute approximate surface area is 264 Å². The summed E-state index contributed by atoms with van der Waals surface area (Å²) in [5, 5.41) is 5.05. The molecule has 1 N–H and O–H groups in total. The molecule has 0 atom stereocenters. The number of halogens is 1. The second-order valence-electron chi connectivity index (χ2n) is 11.7. The molecule has 0 aliphatic carbocycles. The lowest BCUT2D eigenvalue weighted by Gasteiger charge is -2.15. The van der Waals surface area contributed by atoms with E-state index in [1.807, 2.05) is 50.2 Å². The minimum Gasteiger partial charge on any atom is -0.340 e. The average Bonchev–Trinajstić information content (AvgIpc) is 3.50. The van der Waals surface area contributed by atoms with Crippen molar-refractivity contribution in [1.29, 1.82) is 0 Å². The van der Waals surface area contributed by atoms with Gasteiger partial charge in [-0.15, -0.1) is 0 Å². The van der Waals surface area contributed by atoms with Crippen molar-refractivity contribution in [1.82, 2.24) is 14.5 Å². The van der Waals surface area contributed by atoms with Crippen LogP contribution in [0.5, 0.6) is 0 Å². The summed E-state index contributed by atoms with van der Waals surface area (Å²) < 4.78 is 1.76. The van der Waals surface area contributed by atoms with Gasteiger partial charge >= 0.3 is 0 Å². The standard InChI is InChI=1S/C37H40ClN5O/c1-4-27-12-13-29-23-33(32-17-14-28(24-34(32)38)31-9-8-19-39-25(31)3)37(44)43(5-2)36(29)41-35(27)40-30-15-10-26(11-16-30)18-22-42-20-6-7-21-42/h8-11,13-17,19,23-24,40H,4-7,12,18,20-22H2,1-3H3. The Morgan fingerprint density at radius 2 is 1.75 bits per heavy atom. The van der Waals surface area contributed by atoms with E-state index in [9.17, 15) is 4.79 Å². The SMILES string of the molecule is CCC1=C(Nc2ccc(CCN3CCCC3)cc2)N=c2c(cc(-c3ccc(-c4cccnc4C)cc3Cl)c(=O)n2CC)=CC1. The molecule has 7 heteroatoms. The van der Waals surface area contributed by atoms with Crippen LogP contribution in [0.4, 0.5) is 5.69 Å². The van der Waals surface area contributed by atoms with Crippen molar-refractivity contribution in [2.45, 2.75) is 59.4 Å². The predicted octanol–water partition coefficient (Wildman–Crippen LogP) is 6.73. The average molecular weight is 606 g/mol. The molecule has 226 valence electrons. The lowest BCUT2D eigenvalue weighted by Crippen LogP contribution is -2.43. The van der Waals surface area contributed by atoms with Gasteiger partial charge in [-0.2, -0.15) is 0 Å². The molecule has 4 aromatic rings. The van der Waals surface area contributed by atoms with Gasteiger partial charge in [0.15, 0.2) is 0 Å². The fraction of sp³-hybridized carbons (Fsp3) is 0.324. The Morgan fingerprint density at radius 1 is 0.955 bits per heavy atom. The van der Waals surface area contributed by atoms with Crippen molar-refractivity contribution in [3.8, 4) is 22.3 Å². The summed E-state index contributed by atoms with van der Waals surface area (Å²) in [6.07, 6.45) is 9.28. The number of anilines is 1. The highest BCUT2D eigenvalue weighted by Crippen LogP contribution is 2.31. The molecule has 0 radical (unpaired) electrons. The number of pyridine rings is 2. The third-order valence-corrected chi connectivity index (χ3v) is 9.18. The third-order valence-electron chi connectivity index (χ3n) is 8.86. The molecular formula is C37H40ClN5O. The van der Waals surface area contributed by atoms with E-state index < -0.39 is 0 Å². The number of fused-ring (bicyclic) bond motifs is 1. The fourth-order valence-corrected chi connectivity index (χ4v) is 6.54. The maximum absolute atomic E-state index is 13.9. The van der Waals surface area contributed by atoms with Gasteiger partial charge in [0.2, 0.25) is 0 Å². The van der Waals surface area contributed by atoms with E-state index in [0.29, 0.717) is 22.6 Å². The molecule has 4 heterocycles. The highest BCUT2D eigenvalue weighted by atomic mass is 35.5. The van der Waals surface area contributed by atoms with Crippen LogP contribution in [-0.2, 0) is 13.0 Å². The number of aromatic nitrogens is 2. The quantitative estimate of drug-likeness (QED) is 0.230. The maximum atomic E-state index is 13.9. The lowest BCUT2D eigenvalue weighted by molar-refractivity contribution is 0.343. The van der Waals surface area contributed by atoms with Gasteiger partial charge in [0.1, 0.15) is 11.3 Å². The van der Waals surface area contributed by atoms with Crippen LogP contribution in [0.1, 0.15) is 50.8 Å². The van der Waals surface area contributed by atoms with Gasteiger partial charge in [0.05, 0.1) is 0 Å². The van der Waals surface area contributed by atoms with Crippen LogP contribution in [0, 0.1) is 6.92 Å². The van der Waals surface area contributed by atoms with Gasteiger partial charge in [-0.05, 0) is 106 Å². The molecule has 6 rings (SSSR count). The largest absolute Gasteiger partial charge is 0.340 e. The van der Waals surface area contributed by atoms with Gasteiger partial charge in [0.25, 0.3) is 5.56 Å². The molecule has 44 heavy (non-hydrogen) atoms. The lowest BCUT2D eigenvalue weighted by atomic mass is 9.99. The molecule has 2 aliphatic heterocycles. The summed E-state index contributed by atoms with van der Waals surface area (Å²) in [6.45, 7) is 10.2. The zero-order valence-electron chi connectivity index (χ0n) is 25.9. The van der Waals surface area contributed by atoms with Crippen molar-refractivity contribution in [2.24, 2.45) is 4.99 Å². The number of allylic oxidation sites excluding steroid dienone is 1. The Hall–Kier alpha value is -4.00. The van der Waals surface area contributed by atoms with Crippen molar-refractivity contribution in [2.75, 3.05) is 25.0 Å². The Bertz CT molecular complexity index is 1880. The molecule has 0 amide bonds. The topological polar surface area (TPSA) is 62.5 Å². The monoisotopic (exact) mass is 605 g/mol. The Kier molecular flexibility index (Phi) is 9.10. The van der Waals surface area contributed by atoms with Crippen LogP contribution in [-0.4, -0.2) is 34.1 Å².